The lowest BCUT2D eigenvalue weighted by Gasteiger charge is -2.23. The summed E-state index contributed by atoms with van der Waals surface area (Å²) in [6.07, 6.45) is -1.35. The number of carboxylic acid groups (broad SMARTS) is 1. The van der Waals surface area contributed by atoms with Gasteiger partial charge in [0.1, 0.15) is 19.3 Å². The molecule has 2 unspecified atom stereocenters. The number of hydrogen-bond acceptors (Lipinski definition) is 6. The van der Waals surface area contributed by atoms with Gasteiger partial charge in [0.05, 0.1) is 12.7 Å². The summed E-state index contributed by atoms with van der Waals surface area (Å²) in [5.74, 6) is -1.68. The third-order valence-electron chi connectivity index (χ3n) is 5.51. The SMILES string of the molecule is COC(C)C(NC(=O)OCC1c2ccccc2-c2ccccc21)C(=O)NCCOCC(=O)O. The number of rotatable bonds is 11. The van der Waals surface area contributed by atoms with Crippen LogP contribution in [0.2, 0.25) is 0 Å². The van der Waals surface area contributed by atoms with E-state index in [4.69, 9.17) is 19.3 Å². The van der Waals surface area contributed by atoms with Crippen molar-refractivity contribution in [3.05, 3.63) is 59.7 Å². The lowest BCUT2D eigenvalue weighted by molar-refractivity contribution is -0.142. The van der Waals surface area contributed by atoms with E-state index in [-0.39, 0.29) is 25.7 Å². The molecule has 176 valence electrons. The maximum atomic E-state index is 12.6. The molecular formula is C24H28N2O7. The van der Waals surface area contributed by atoms with Crippen LogP contribution in [0.25, 0.3) is 11.1 Å². The zero-order valence-electron chi connectivity index (χ0n) is 18.6. The van der Waals surface area contributed by atoms with Crippen LogP contribution < -0.4 is 10.6 Å². The second kappa shape index (κ2) is 11.4. The molecule has 2 aromatic carbocycles. The number of carbonyl (C=O) groups excluding carboxylic acids is 2. The first-order chi connectivity index (χ1) is 15.9. The Morgan fingerprint density at radius 1 is 1.03 bits per heavy atom. The van der Waals surface area contributed by atoms with Crippen LogP contribution in [0.5, 0.6) is 0 Å². The van der Waals surface area contributed by atoms with Crippen molar-refractivity contribution in [1.29, 1.82) is 0 Å². The number of nitrogens with one attached hydrogen (secondary N) is 2. The molecule has 0 radical (unpaired) electrons. The normalized spacial score (nSPS) is 14.0. The summed E-state index contributed by atoms with van der Waals surface area (Å²) in [7, 11) is 1.43. The Morgan fingerprint density at radius 2 is 1.64 bits per heavy atom. The molecule has 0 bridgehead atoms. The van der Waals surface area contributed by atoms with Gasteiger partial charge in [-0.05, 0) is 29.2 Å². The summed E-state index contributed by atoms with van der Waals surface area (Å²) in [5.41, 5.74) is 4.43. The van der Waals surface area contributed by atoms with E-state index in [0.717, 1.165) is 22.3 Å². The highest BCUT2D eigenvalue weighted by Gasteiger charge is 2.31. The van der Waals surface area contributed by atoms with E-state index in [1.807, 2.05) is 36.4 Å². The molecule has 2 aromatic rings. The van der Waals surface area contributed by atoms with E-state index >= 15 is 0 Å². The minimum absolute atomic E-state index is 0.0249. The number of fused-ring (bicyclic) bond motifs is 3. The number of carbonyl (C=O) groups is 3. The standard InChI is InChI=1S/C24H28N2O7/c1-15(31-2)22(23(29)25-11-12-32-14-21(27)28)26-24(30)33-13-20-18-9-5-3-7-16(18)17-8-4-6-10-19(17)20/h3-10,15,20,22H,11-14H2,1-2H3,(H,25,29)(H,26,30)(H,27,28). The highest BCUT2D eigenvalue weighted by molar-refractivity contribution is 5.86. The molecule has 0 aromatic heterocycles. The fourth-order valence-corrected chi connectivity index (χ4v) is 3.82. The van der Waals surface area contributed by atoms with E-state index in [1.165, 1.54) is 7.11 Å². The van der Waals surface area contributed by atoms with Gasteiger partial charge in [0.25, 0.3) is 0 Å². The first-order valence-electron chi connectivity index (χ1n) is 10.6. The number of methoxy groups -OCH3 is 1. The molecule has 0 saturated carbocycles. The van der Waals surface area contributed by atoms with Gasteiger partial charge in [-0.15, -0.1) is 0 Å². The fraction of sp³-hybridized carbons (Fsp3) is 0.375. The molecule has 3 N–H and O–H groups in total. The monoisotopic (exact) mass is 456 g/mol. The van der Waals surface area contributed by atoms with Crippen molar-refractivity contribution in [3.63, 3.8) is 0 Å². The van der Waals surface area contributed by atoms with Crippen molar-refractivity contribution in [1.82, 2.24) is 10.6 Å². The molecule has 0 heterocycles. The van der Waals surface area contributed by atoms with Crippen molar-refractivity contribution in [2.75, 3.05) is 33.5 Å². The smallest absolute Gasteiger partial charge is 0.407 e. The second-order valence-electron chi connectivity index (χ2n) is 7.63. The quantitative estimate of drug-likeness (QED) is 0.443. The number of alkyl carbamates (subject to hydrolysis) is 1. The Bertz CT molecular complexity index is 949. The Labute approximate surface area is 192 Å². The largest absolute Gasteiger partial charge is 0.480 e. The van der Waals surface area contributed by atoms with Crippen LogP contribution in [0, 0.1) is 0 Å². The van der Waals surface area contributed by atoms with Gasteiger partial charge in [-0.2, -0.15) is 0 Å². The minimum atomic E-state index is -1.09. The van der Waals surface area contributed by atoms with Gasteiger partial charge in [-0.3, -0.25) is 4.79 Å². The molecule has 9 nitrogen and oxygen atoms in total. The highest BCUT2D eigenvalue weighted by atomic mass is 16.5. The van der Waals surface area contributed by atoms with E-state index < -0.39 is 36.7 Å². The van der Waals surface area contributed by atoms with Gasteiger partial charge >= 0.3 is 12.1 Å². The first kappa shape index (κ1) is 24.2. The molecule has 3 rings (SSSR count). The number of ether oxygens (including phenoxy) is 3. The molecule has 1 aliphatic carbocycles. The lowest BCUT2D eigenvalue weighted by Crippen LogP contribution is -2.53. The molecule has 0 saturated heterocycles. The molecule has 9 heteroatoms. The number of hydrogen-bond donors (Lipinski definition) is 3. The predicted molar refractivity (Wildman–Crippen MR) is 120 cm³/mol. The second-order valence-corrected chi connectivity index (χ2v) is 7.63. The van der Waals surface area contributed by atoms with Crippen molar-refractivity contribution in [3.8, 4) is 11.1 Å². The van der Waals surface area contributed by atoms with Crippen molar-refractivity contribution in [2.45, 2.75) is 25.0 Å². The Morgan fingerprint density at radius 3 is 2.21 bits per heavy atom. The maximum Gasteiger partial charge on any atom is 0.407 e. The van der Waals surface area contributed by atoms with Gasteiger partial charge in [0.15, 0.2) is 0 Å². The van der Waals surface area contributed by atoms with Gasteiger partial charge in [0.2, 0.25) is 5.91 Å². The molecule has 2 amide bonds. The topological polar surface area (TPSA) is 123 Å². The predicted octanol–water partition coefficient (Wildman–Crippen LogP) is 2.15. The number of amides is 2. The first-order valence-corrected chi connectivity index (χ1v) is 10.6. The van der Waals surface area contributed by atoms with Crippen LogP contribution in [-0.4, -0.2) is 68.7 Å². The lowest BCUT2D eigenvalue weighted by atomic mass is 9.98. The Balaban J connectivity index is 1.57. The minimum Gasteiger partial charge on any atom is -0.480 e. The van der Waals surface area contributed by atoms with Crippen LogP contribution in [0.15, 0.2) is 48.5 Å². The third kappa shape index (κ3) is 6.09. The maximum absolute atomic E-state index is 12.6. The highest BCUT2D eigenvalue weighted by Crippen LogP contribution is 2.44. The van der Waals surface area contributed by atoms with Crippen LogP contribution in [-0.2, 0) is 23.8 Å². The van der Waals surface area contributed by atoms with E-state index in [1.54, 1.807) is 6.92 Å². The van der Waals surface area contributed by atoms with Gasteiger partial charge in [0, 0.05) is 19.6 Å². The zero-order valence-corrected chi connectivity index (χ0v) is 18.6. The van der Waals surface area contributed by atoms with E-state index in [0.29, 0.717) is 0 Å². The molecular weight excluding hydrogens is 428 g/mol. The Hall–Kier alpha value is -3.43. The summed E-state index contributed by atoms with van der Waals surface area (Å²) < 4.78 is 15.6. The third-order valence-corrected chi connectivity index (χ3v) is 5.51. The fourth-order valence-electron chi connectivity index (χ4n) is 3.82. The molecule has 2 atom stereocenters. The average molecular weight is 456 g/mol. The summed E-state index contributed by atoms with van der Waals surface area (Å²) in [6, 6.07) is 15.0. The summed E-state index contributed by atoms with van der Waals surface area (Å²) in [5, 5.41) is 13.7. The summed E-state index contributed by atoms with van der Waals surface area (Å²) >= 11 is 0. The summed E-state index contributed by atoms with van der Waals surface area (Å²) in [4.78, 5) is 35.5. The van der Waals surface area contributed by atoms with Gasteiger partial charge < -0.3 is 30.0 Å². The molecule has 0 spiro atoms. The van der Waals surface area contributed by atoms with E-state index in [2.05, 4.69) is 22.8 Å². The van der Waals surface area contributed by atoms with Crippen molar-refractivity contribution < 1.29 is 33.7 Å². The number of benzene rings is 2. The zero-order chi connectivity index (χ0) is 23.8. The van der Waals surface area contributed by atoms with Gasteiger partial charge in [-0.1, -0.05) is 48.5 Å². The number of carboxylic acids is 1. The van der Waals surface area contributed by atoms with Crippen LogP contribution in [0.4, 0.5) is 4.79 Å². The van der Waals surface area contributed by atoms with Crippen LogP contribution in [0.1, 0.15) is 24.0 Å². The average Bonchev–Trinajstić information content (AvgIpc) is 3.14. The van der Waals surface area contributed by atoms with Gasteiger partial charge in [-0.25, -0.2) is 9.59 Å². The number of aliphatic carboxylic acids is 1. The molecule has 33 heavy (non-hydrogen) atoms. The molecule has 1 aliphatic rings. The van der Waals surface area contributed by atoms with Crippen molar-refractivity contribution >= 4 is 18.0 Å². The molecule has 0 fully saturated rings. The summed E-state index contributed by atoms with van der Waals surface area (Å²) in [6.45, 7) is 1.43. The van der Waals surface area contributed by atoms with E-state index in [9.17, 15) is 14.4 Å². The van der Waals surface area contributed by atoms with Crippen LogP contribution >= 0.6 is 0 Å². The van der Waals surface area contributed by atoms with Crippen molar-refractivity contribution in [2.24, 2.45) is 0 Å². The molecule has 0 aliphatic heterocycles. The van der Waals surface area contributed by atoms with Crippen LogP contribution in [0.3, 0.4) is 0 Å². The Kier molecular flexibility index (Phi) is 8.39.